The van der Waals surface area contributed by atoms with Crippen LogP contribution in [0.3, 0.4) is 0 Å². The molecule has 0 fully saturated rings. The van der Waals surface area contributed by atoms with Crippen molar-refractivity contribution in [1.29, 1.82) is 0 Å². The van der Waals surface area contributed by atoms with Gasteiger partial charge in [0.2, 0.25) is 5.91 Å². The van der Waals surface area contributed by atoms with Gasteiger partial charge in [-0.3, -0.25) is 9.48 Å². The molecule has 1 amide bonds. The summed E-state index contributed by atoms with van der Waals surface area (Å²) in [5.41, 5.74) is 0.636. The van der Waals surface area contributed by atoms with Crippen molar-refractivity contribution in [2.24, 2.45) is 0 Å². The van der Waals surface area contributed by atoms with E-state index in [0.29, 0.717) is 0 Å². The number of hydrogen-bond donors (Lipinski definition) is 2. The highest BCUT2D eigenvalue weighted by atomic mass is 19.3. The van der Waals surface area contributed by atoms with Crippen molar-refractivity contribution in [2.45, 2.75) is 26.5 Å². The van der Waals surface area contributed by atoms with Crippen LogP contribution in [0, 0.1) is 6.92 Å². The summed E-state index contributed by atoms with van der Waals surface area (Å²) in [7, 11) is 0. The first-order valence-corrected chi connectivity index (χ1v) is 6.92. The molecule has 0 aliphatic carbocycles. The minimum Gasteiger partial charge on any atom is -0.476 e. The number of hydrogen-bond acceptors (Lipinski definition) is 4. The number of carboxylic acid groups (broad SMARTS) is 1. The molecule has 1 heterocycles. The molecule has 2 N–H and O–H groups in total. The van der Waals surface area contributed by atoms with Gasteiger partial charge in [-0.25, -0.2) is 4.79 Å². The third-order valence-electron chi connectivity index (χ3n) is 3.21. The quantitative estimate of drug-likeness (QED) is 0.844. The molecule has 1 atom stereocenters. The zero-order valence-electron chi connectivity index (χ0n) is 12.9. The first kappa shape index (κ1) is 17.4. The van der Waals surface area contributed by atoms with Crippen LogP contribution in [0.15, 0.2) is 30.5 Å². The molecule has 0 aliphatic rings. The average molecular weight is 339 g/mol. The van der Waals surface area contributed by atoms with Gasteiger partial charge in [-0.2, -0.15) is 13.9 Å². The van der Waals surface area contributed by atoms with Crippen molar-refractivity contribution >= 4 is 17.6 Å². The molecule has 2 aromatic rings. The van der Waals surface area contributed by atoms with Gasteiger partial charge in [0, 0.05) is 6.20 Å². The highest BCUT2D eigenvalue weighted by molar-refractivity contribution is 5.95. The van der Waals surface area contributed by atoms with Crippen LogP contribution in [0.4, 0.5) is 14.5 Å². The molecular weight excluding hydrogens is 324 g/mol. The van der Waals surface area contributed by atoms with Gasteiger partial charge in [-0.05, 0) is 37.6 Å². The number of aromatic nitrogens is 2. The molecule has 24 heavy (non-hydrogen) atoms. The Balaban J connectivity index is 2.18. The molecule has 7 nitrogen and oxygen atoms in total. The number of alkyl halides is 2. The first-order valence-electron chi connectivity index (χ1n) is 6.92. The Morgan fingerprint density at radius 1 is 1.33 bits per heavy atom. The minimum absolute atomic E-state index is 0.0952. The Labute approximate surface area is 135 Å². The van der Waals surface area contributed by atoms with Crippen LogP contribution in [-0.4, -0.2) is 33.4 Å². The monoisotopic (exact) mass is 339 g/mol. The zero-order chi connectivity index (χ0) is 17.9. The van der Waals surface area contributed by atoms with E-state index in [4.69, 9.17) is 5.11 Å². The Bertz CT molecular complexity index is 761. The molecule has 1 aromatic heterocycles. The lowest BCUT2D eigenvalue weighted by Gasteiger charge is -2.16. The predicted octanol–water partition coefficient (Wildman–Crippen LogP) is 2.69. The zero-order valence-corrected chi connectivity index (χ0v) is 12.9. The Hall–Kier alpha value is -2.97. The Morgan fingerprint density at radius 3 is 2.62 bits per heavy atom. The van der Waals surface area contributed by atoms with E-state index in [1.807, 2.05) is 0 Å². The number of halogens is 2. The van der Waals surface area contributed by atoms with Gasteiger partial charge in [-0.1, -0.05) is 6.07 Å². The number of nitrogens with one attached hydrogen (secondary N) is 1. The summed E-state index contributed by atoms with van der Waals surface area (Å²) in [5, 5.41) is 15.1. The van der Waals surface area contributed by atoms with E-state index < -0.39 is 24.5 Å². The predicted molar refractivity (Wildman–Crippen MR) is 80.3 cm³/mol. The van der Waals surface area contributed by atoms with Crippen molar-refractivity contribution < 1.29 is 28.2 Å². The van der Waals surface area contributed by atoms with E-state index in [2.05, 4.69) is 15.2 Å². The molecule has 2 rings (SSSR count). The molecular formula is C15H15F2N3O4. The Morgan fingerprint density at radius 2 is 2.04 bits per heavy atom. The van der Waals surface area contributed by atoms with E-state index in [1.165, 1.54) is 36.0 Å². The van der Waals surface area contributed by atoms with Crippen molar-refractivity contribution in [3.05, 3.63) is 41.7 Å². The highest BCUT2D eigenvalue weighted by Crippen LogP contribution is 2.28. The molecule has 128 valence electrons. The van der Waals surface area contributed by atoms with Crippen molar-refractivity contribution in [3.8, 4) is 5.75 Å². The molecule has 0 bridgehead atoms. The van der Waals surface area contributed by atoms with Gasteiger partial charge in [0.15, 0.2) is 5.69 Å². The van der Waals surface area contributed by atoms with E-state index in [9.17, 15) is 18.4 Å². The number of anilines is 1. The van der Waals surface area contributed by atoms with Crippen LogP contribution in [0.2, 0.25) is 0 Å². The van der Waals surface area contributed by atoms with Gasteiger partial charge in [0.1, 0.15) is 11.8 Å². The molecule has 0 saturated carbocycles. The fourth-order valence-electron chi connectivity index (χ4n) is 1.97. The molecule has 0 radical (unpaired) electrons. The molecule has 1 unspecified atom stereocenters. The van der Waals surface area contributed by atoms with Gasteiger partial charge in [-0.15, -0.1) is 0 Å². The van der Waals surface area contributed by atoms with Gasteiger partial charge >= 0.3 is 12.6 Å². The number of aromatic carboxylic acids is 1. The lowest BCUT2D eigenvalue weighted by Crippen LogP contribution is -2.24. The van der Waals surface area contributed by atoms with E-state index in [1.54, 1.807) is 13.0 Å². The smallest absolute Gasteiger partial charge is 0.387 e. The van der Waals surface area contributed by atoms with Gasteiger partial charge in [0.25, 0.3) is 0 Å². The number of nitrogens with zero attached hydrogens (tertiary/aromatic N) is 2. The summed E-state index contributed by atoms with van der Waals surface area (Å²) < 4.78 is 30.4. The van der Waals surface area contributed by atoms with E-state index in [0.717, 1.165) is 5.56 Å². The summed E-state index contributed by atoms with van der Waals surface area (Å²) in [5.74, 6) is -1.93. The van der Waals surface area contributed by atoms with Crippen LogP contribution in [0.1, 0.15) is 29.0 Å². The molecule has 9 heteroatoms. The second-order valence-electron chi connectivity index (χ2n) is 5.03. The summed E-state index contributed by atoms with van der Waals surface area (Å²) in [4.78, 5) is 23.1. The van der Waals surface area contributed by atoms with E-state index in [-0.39, 0.29) is 17.1 Å². The normalized spacial score (nSPS) is 12.0. The number of carbonyl (C=O) groups is 2. The number of benzene rings is 1. The summed E-state index contributed by atoms with van der Waals surface area (Å²) >= 11 is 0. The molecule has 0 spiro atoms. The average Bonchev–Trinajstić information content (AvgIpc) is 2.99. The second-order valence-corrected chi connectivity index (χ2v) is 5.03. The fraction of sp³-hybridized carbons (Fsp3) is 0.267. The third-order valence-corrected chi connectivity index (χ3v) is 3.21. The second kappa shape index (κ2) is 7.07. The summed E-state index contributed by atoms with van der Waals surface area (Å²) in [6.45, 7) is 0.208. The first-order chi connectivity index (χ1) is 11.3. The number of ether oxygens (including phenoxy) is 1. The van der Waals surface area contributed by atoms with Crippen LogP contribution in [0.5, 0.6) is 5.75 Å². The van der Waals surface area contributed by atoms with Crippen LogP contribution in [-0.2, 0) is 4.79 Å². The number of amides is 1. The maximum absolute atomic E-state index is 12.4. The Kier molecular flexibility index (Phi) is 5.12. The largest absolute Gasteiger partial charge is 0.476 e. The lowest BCUT2D eigenvalue weighted by molar-refractivity contribution is -0.119. The van der Waals surface area contributed by atoms with Crippen molar-refractivity contribution in [3.63, 3.8) is 0 Å². The van der Waals surface area contributed by atoms with Crippen molar-refractivity contribution in [1.82, 2.24) is 9.78 Å². The van der Waals surface area contributed by atoms with Crippen molar-refractivity contribution in [2.75, 3.05) is 5.32 Å². The highest BCUT2D eigenvalue weighted by Gasteiger charge is 2.20. The van der Waals surface area contributed by atoms with Crippen LogP contribution in [0.25, 0.3) is 0 Å². The van der Waals surface area contributed by atoms with Crippen LogP contribution < -0.4 is 10.1 Å². The molecule has 0 aliphatic heterocycles. The van der Waals surface area contributed by atoms with E-state index >= 15 is 0 Å². The maximum atomic E-state index is 12.4. The molecule has 1 aromatic carbocycles. The SMILES string of the molecule is Cc1ccc(OC(F)F)c(NC(=O)C(C)n2ccc(C(=O)O)n2)c1. The number of rotatable bonds is 6. The number of aryl methyl sites for hydroxylation is 1. The standard InChI is InChI=1S/C15H15F2N3O4/c1-8-3-4-12(24-15(16)17)11(7-8)18-13(21)9(2)20-6-5-10(19-20)14(22)23/h3-7,9,15H,1-2H3,(H,18,21)(H,22,23). The minimum atomic E-state index is -3.02. The fourth-order valence-corrected chi connectivity index (χ4v) is 1.97. The third kappa shape index (κ3) is 4.06. The summed E-state index contributed by atoms with van der Waals surface area (Å²) in [6, 6.07) is 4.80. The maximum Gasteiger partial charge on any atom is 0.387 e. The number of carboxylic acids is 1. The van der Waals surface area contributed by atoms with Gasteiger partial charge < -0.3 is 15.2 Å². The number of carbonyl (C=O) groups excluding carboxylic acids is 1. The lowest BCUT2D eigenvalue weighted by atomic mass is 10.2. The molecule has 0 saturated heterocycles. The van der Waals surface area contributed by atoms with Crippen LogP contribution >= 0.6 is 0 Å². The van der Waals surface area contributed by atoms with Gasteiger partial charge in [0.05, 0.1) is 5.69 Å². The topological polar surface area (TPSA) is 93.5 Å². The summed E-state index contributed by atoms with van der Waals surface area (Å²) in [6.07, 6.45) is 1.35.